The van der Waals surface area contributed by atoms with Crippen molar-refractivity contribution in [1.29, 1.82) is 0 Å². The molecule has 132 valence electrons. The van der Waals surface area contributed by atoms with Crippen LogP contribution in [0.5, 0.6) is 5.75 Å². The highest BCUT2D eigenvalue weighted by atomic mass is 32.1. The van der Waals surface area contributed by atoms with Crippen molar-refractivity contribution >= 4 is 27.4 Å². The van der Waals surface area contributed by atoms with Gasteiger partial charge in [-0.2, -0.15) is 0 Å². The van der Waals surface area contributed by atoms with Crippen molar-refractivity contribution < 1.29 is 4.74 Å². The number of nitrogens with zero attached hydrogens (tertiary/aromatic N) is 3. The summed E-state index contributed by atoms with van der Waals surface area (Å²) in [6, 6.07) is 3.76. The van der Waals surface area contributed by atoms with E-state index >= 15 is 0 Å². The average Bonchev–Trinajstić information content (AvgIpc) is 2.88. The van der Waals surface area contributed by atoms with E-state index in [1.165, 1.54) is 10.4 Å². The number of aryl methyl sites for hydroxylation is 2. The summed E-state index contributed by atoms with van der Waals surface area (Å²) in [6.07, 6.45) is 4.09. The number of nitrogens with one attached hydrogen (secondary N) is 1. The summed E-state index contributed by atoms with van der Waals surface area (Å²) in [5.41, 5.74) is 6.90. The first kappa shape index (κ1) is 17.6. The summed E-state index contributed by atoms with van der Waals surface area (Å²) in [4.78, 5) is 15.7. The zero-order chi connectivity index (χ0) is 17.8. The molecule has 3 N–H and O–H groups in total. The van der Waals surface area contributed by atoms with Crippen molar-refractivity contribution in [2.45, 2.75) is 33.3 Å². The Morgan fingerprint density at radius 3 is 2.88 bits per heavy atom. The minimum absolute atomic E-state index is 0.0211. The van der Waals surface area contributed by atoms with Gasteiger partial charge < -0.3 is 15.8 Å². The minimum atomic E-state index is -0.0211. The van der Waals surface area contributed by atoms with Crippen molar-refractivity contribution in [1.82, 2.24) is 15.0 Å². The van der Waals surface area contributed by atoms with E-state index in [0.29, 0.717) is 19.5 Å². The summed E-state index contributed by atoms with van der Waals surface area (Å²) in [5.74, 6) is 2.40. The van der Waals surface area contributed by atoms with Gasteiger partial charge in [0, 0.05) is 17.5 Å². The van der Waals surface area contributed by atoms with Crippen molar-refractivity contribution in [3.63, 3.8) is 0 Å². The molecule has 7 heteroatoms. The van der Waals surface area contributed by atoms with Crippen molar-refractivity contribution in [3.8, 4) is 5.75 Å². The molecule has 6 nitrogen and oxygen atoms in total. The summed E-state index contributed by atoms with van der Waals surface area (Å²) >= 11 is 1.70. The Hall–Kier alpha value is -2.25. The molecule has 0 aliphatic rings. The summed E-state index contributed by atoms with van der Waals surface area (Å²) in [5, 5.41) is 4.52. The molecule has 0 amide bonds. The first-order valence-corrected chi connectivity index (χ1v) is 9.17. The lowest BCUT2D eigenvalue weighted by Gasteiger charge is -2.16. The van der Waals surface area contributed by atoms with E-state index < -0.39 is 0 Å². The van der Waals surface area contributed by atoms with Crippen LogP contribution in [0.1, 0.15) is 23.2 Å². The first-order chi connectivity index (χ1) is 12.1. The number of anilines is 1. The predicted octanol–water partition coefficient (Wildman–Crippen LogP) is 3.08. The van der Waals surface area contributed by atoms with Gasteiger partial charge in [0.1, 0.15) is 28.3 Å². The molecule has 3 aromatic heterocycles. The number of hydrogen-bond donors (Lipinski definition) is 2. The van der Waals surface area contributed by atoms with Gasteiger partial charge in [-0.1, -0.05) is 0 Å². The number of rotatable bonds is 7. The van der Waals surface area contributed by atoms with Crippen molar-refractivity contribution in [2.24, 2.45) is 5.73 Å². The van der Waals surface area contributed by atoms with Crippen LogP contribution >= 0.6 is 11.3 Å². The summed E-state index contributed by atoms with van der Waals surface area (Å²) in [6.45, 7) is 7.42. The van der Waals surface area contributed by atoms with Crippen LogP contribution in [-0.2, 0) is 6.42 Å². The molecule has 1 unspecified atom stereocenters. The van der Waals surface area contributed by atoms with Gasteiger partial charge in [0.25, 0.3) is 0 Å². The van der Waals surface area contributed by atoms with E-state index in [2.05, 4.69) is 34.1 Å². The molecule has 0 spiro atoms. The number of pyridine rings is 1. The Kier molecular flexibility index (Phi) is 5.45. The quantitative estimate of drug-likeness (QED) is 0.676. The van der Waals surface area contributed by atoms with Crippen LogP contribution in [0.2, 0.25) is 0 Å². The van der Waals surface area contributed by atoms with E-state index in [4.69, 9.17) is 10.5 Å². The fraction of sp³-hybridized carbons (Fsp3) is 0.389. The number of nitrogens with two attached hydrogens (primary N) is 1. The van der Waals surface area contributed by atoms with Crippen molar-refractivity contribution in [2.75, 3.05) is 18.4 Å². The van der Waals surface area contributed by atoms with E-state index in [9.17, 15) is 0 Å². The number of ether oxygens (including phenoxy) is 1. The lowest BCUT2D eigenvalue weighted by Crippen LogP contribution is -2.23. The van der Waals surface area contributed by atoms with Crippen LogP contribution in [0.25, 0.3) is 10.2 Å². The van der Waals surface area contributed by atoms with Gasteiger partial charge in [0.2, 0.25) is 0 Å². The second-order valence-corrected chi connectivity index (χ2v) is 7.19. The highest BCUT2D eigenvalue weighted by Gasteiger charge is 2.15. The second-order valence-electron chi connectivity index (χ2n) is 5.99. The van der Waals surface area contributed by atoms with Gasteiger partial charge in [0.05, 0.1) is 18.1 Å². The molecule has 0 saturated heterocycles. The summed E-state index contributed by atoms with van der Waals surface area (Å²) < 4.78 is 5.88. The third-order valence-corrected chi connectivity index (χ3v) is 5.07. The van der Waals surface area contributed by atoms with Crippen LogP contribution < -0.4 is 15.8 Å². The van der Waals surface area contributed by atoms with Gasteiger partial charge >= 0.3 is 0 Å². The average molecular weight is 357 g/mol. The Morgan fingerprint density at radius 2 is 2.16 bits per heavy atom. The molecule has 1 atom stereocenters. The van der Waals surface area contributed by atoms with Crippen LogP contribution in [0.4, 0.5) is 5.82 Å². The normalized spacial score (nSPS) is 12.3. The van der Waals surface area contributed by atoms with Crippen LogP contribution in [0.3, 0.4) is 0 Å². The van der Waals surface area contributed by atoms with E-state index in [-0.39, 0.29) is 6.10 Å². The second kappa shape index (κ2) is 7.76. The molecule has 0 bridgehead atoms. The fourth-order valence-electron chi connectivity index (χ4n) is 2.59. The first-order valence-electron chi connectivity index (χ1n) is 8.35. The monoisotopic (exact) mass is 357 g/mol. The Labute approximate surface area is 151 Å². The molecule has 0 fully saturated rings. The van der Waals surface area contributed by atoms with Crippen molar-refractivity contribution in [3.05, 3.63) is 40.8 Å². The molecule has 0 aromatic carbocycles. The maximum Gasteiger partial charge on any atom is 0.138 e. The minimum Gasteiger partial charge on any atom is -0.487 e. The van der Waals surface area contributed by atoms with Gasteiger partial charge in [-0.25, -0.2) is 9.97 Å². The fourth-order valence-corrected chi connectivity index (χ4v) is 3.64. The molecule has 25 heavy (non-hydrogen) atoms. The molecule has 0 radical (unpaired) electrons. The SMILES string of the molecule is Cc1sc2nc(CCN)nc(NCC(C)Oc3cccnc3)c2c1C. The van der Waals surface area contributed by atoms with Gasteiger partial charge in [-0.15, -0.1) is 11.3 Å². The zero-order valence-corrected chi connectivity index (χ0v) is 15.6. The molecule has 0 aliphatic carbocycles. The Bertz CT molecular complexity index is 850. The number of hydrogen-bond acceptors (Lipinski definition) is 7. The predicted molar refractivity (Wildman–Crippen MR) is 102 cm³/mol. The molecule has 3 heterocycles. The molecular formula is C18H23N5OS. The molecule has 3 aromatic rings. The van der Waals surface area contributed by atoms with Crippen LogP contribution in [-0.4, -0.2) is 34.1 Å². The number of thiophene rings is 1. The largest absolute Gasteiger partial charge is 0.487 e. The molecular weight excluding hydrogens is 334 g/mol. The van der Waals surface area contributed by atoms with Gasteiger partial charge in [-0.05, 0) is 45.0 Å². The maximum atomic E-state index is 5.88. The van der Waals surface area contributed by atoms with E-state index in [1.54, 1.807) is 23.7 Å². The van der Waals surface area contributed by atoms with E-state index in [0.717, 1.165) is 27.6 Å². The third-order valence-electron chi connectivity index (χ3n) is 3.97. The topological polar surface area (TPSA) is 86.0 Å². The lowest BCUT2D eigenvalue weighted by atomic mass is 10.2. The number of aromatic nitrogens is 3. The molecule has 3 rings (SSSR count). The molecule has 0 aliphatic heterocycles. The van der Waals surface area contributed by atoms with Crippen LogP contribution in [0.15, 0.2) is 24.5 Å². The van der Waals surface area contributed by atoms with Gasteiger partial charge in [-0.3, -0.25) is 4.98 Å². The van der Waals surface area contributed by atoms with E-state index in [1.807, 2.05) is 19.1 Å². The lowest BCUT2D eigenvalue weighted by molar-refractivity contribution is 0.234. The maximum absolute atomic E-state index is 5.88. The summed E-state index contributed by atoms with van der Waals surface area (Å²) in [7, 11) is 0. The van der Waals surface area contributed by atoms with Gasteiger partial charge in [0.15, 0.2) is 0 Å². The Balaban J connectivity index is 1.79. The van der Waals surface area contributed by atoms with Crippen LogP contribution in [0, 0.1) is 13.8 Å². The standard InChI is InChI=1S/C18H23N5OS/c1-11(24-14-5-4-8-20-10-14)9-21-17-16-12(2)13(3)25-18(16)23-15(22-17)6-7-19/h4-5,8,10-11H,6-7,9,19H2,1-3H3,(H,21,22,23). The Morgan fingerprint density at radius 1 is 1.32 bits per heavy atom. The smallest absolute Gasteiger partial charge is 0.138 e. The third kappa shape index (κ3) is 4.05. The highest BCUT2D eigenvalue weighted by molar-refractivity contribution is 7.18. The molecule has 0 saturated carbocycles. The number of fused-ring (bicyclic) bond motifs is 1. The highest BCUT2D eigenvalue weighted by Crippen LogP contribution is 2.33. The zero-order valence-electron chi connectivity index (χ0n) is 14.7.